The minimum atomic E-state index is 0.0111. The van der Waals surface area contributed by atoms with Gasteiger partial charge < -0.3 is 0 Å². The van der Waals surface area contributed by atoms with E-state index in [9.17, 15) is 4.79 Å². The second kappa shape index (κ2) is 4.48. The predicted molar refractivity (Wildman–Crippen MR) is 76.2 cm³/mol. The van der Waals surface area contributed by atoms with Gasteiger partial charge in [0.1, 0.15) is 0 Å². The van der Waals surface area contributed by atoms with E-state index in [0.717, 1.165) is 15.7 Å². The average molecular weight is 315 g/mol. The van der Waals surface area contributed by atoms with Crippen molar-refractivity contribution in [2.75, 3.05) is 4.90 Å². The van der Waals surface area contributed by atoms with Gasteiger partial charge in [0.15, 0.2) is 4.98 Å². The van der Waals surface area contributed by atoms with E-state index in [1.165, 1.54) is 0 Å². The maximum Gasteiger partial charge on any atom is 0.387 e. The number of anilines is 2. The van der Waals surface area contributed by atoms with Crippen LogP contribution in [0.1, 0.15) is 5.56 Å². The van der Waals surface area contributed by atoms with Crippen molar-refractivity contribution in [3.63, 3.8) is 0 Å². The minimum Gasteiger partial charge on any atom is -0.280 e. The topological polar surface area (TPSA) is 48.5 Å². The summed E-state index contributed by atoms with van der Waals surface area (Å²) in [6.45, 7) is 0. The van der Waals surface area contributed by atoms with Gasteiger partial charge in [-0.15, -0.1) is 0 Å². The summed E-state index contributed by atoms with van der Waals surface area (Å²) in [4.78, 5) is 17.0. The van der Waals surface area contributed by atoms with E-state index >= 15 is 0 Å². The second-order valence-corrected chi connectivity index (χ2v) is 5.12. The number of carbonyl (C=O) groups excluding carboxylic acids is 1. The Hall–Kier alpha value is -2.19. The van der Waals surface area contributed by atoms with E-state index in [2.05, 4.69) is 20.9 Å². The summed E-state index contributed by atoms with van der Waals surface area (Å²) >= 11 is 3.47. The smallest absolute Gasteiger partial charge is 0.280 e. The van der Waals surface area contributed by atoms with Crippen LogP contribution in [0.3, 0.4) is 0 Å². The van der Waals surface area contributed by atoms with Gasteiger partial charge in [0, 0.05) is 10.5 Å². The van der Waals surface area contributed by atoms with E-state index in [4.69, 9.17) is 5.39 Å². The Balaban J connectivity index is 2.14. The lowest BCUT2D eigenvalue weighted by Gasteiger charge is -2.16. The first kappa shape index (κ1) is 11.9. The highest BCUT2D eigenvalue weighted by Crippen LogP contribution is 2.39. The lowest BCUT2D eigenvalue weighted by atomic mass is 10.2. The molecule has 0 spiro atoms. The Kier molecular flexibility index (Phi) is 2.80. The third-order valence-electron chi connectivity index (χ3n) is 3.12. The summed E-state index contributed by atoms with van der Waals surface area (Å²) in [7, 11) is 0. The van der Waals surface area contributed by atoms with Crippen molar-refractivity contribution in [3.05, 3.63) is 57.5 Å². The van der Waals surface area contributed by atoms with Crippen molar-refractivity contribution in [1.29, 1.82) is 5.39 Å². The predicted octanol–water partition coefficient (Wildman–Crippen LogP) is 4.15. The van der Waals surface area contributed by atoms with Gasteiger partial charge in [0.25, 0.3) is 0 Å². The maximum absolute atomic E-state index is 12.2. The molecule has 1 aliphatic heterocycles. The molecule has 0 saturated heterocycles. The Morgan fingerprint density at radius 3 is 2.79 bits per heavy atom. The fourth-order valence-corrected chi connectivity index (χ4v) is 2.77. The van der Waals surface area contributed by atoms with Crippen LogP contribution in [0.25, 0.3) is 4.98 Å². The zero-order chi connectivity index (χ0) is 13.4. The molecular formula is C14H9BrN3O+. The quantitative estimate of drug-likeness (QED) is 0.742. The molecule has 0 N–H and O–H groups in total. The molecule has 5 heteroatoms. The van der Waals surface area contributed by atoms with Crippen molar-refractivity contribution >= 4 is 38.9 Å². The van der Waals surface area contributed by atoms with Crippen LogP contribution in [-0.2, 0) is 11.2 Å². The molecule has 0 unspecified atom stereocenters. The molecule has 92 valence electrons. The Bertz CT molecular complexity index is 721. The molecule has 0 atom stereocenters. The zero-order valence-corrected chi connectivity index (χ0v) is 11.5. The van der Waals surface area contributed by atoms with Gasteiger partial charge in [0.2, 0.25) is 11.3 Å². The molecule has 3 rings (SSSR count). The largest absolute Gasteiger partial charge is 0.387 e. The molecule has 1 aliphatic rings. The standard InChI is InChI=1S/C14H9BrN3O/c15-12-5-2-6-13-11(12)8-14(19)18(13)10-4-1-3-9(7-10)17-16/h1-7H,8H2/q+1. The second-order valence-electron chi connectivity index (χ2n) is 4.26. The molecule has 0 fully saturated rings. The average Bonchev–Trinajstić information content (AvgIpc) is 2.77. The van der Waals surface area contributed by atoms with Crippen molar-refractivity contribution < 1.29 is 4.79 Å². The zero-order valence-electron chi connectivity index (χ0n) is 9.88. The van der Waals surface area contributed by atoms with E-state index in [1.54, 1.807) is 23.1 Å². The molecule has 0 aromatic heterocycles. The Morgan fingerprint density at radius 2 is 2.00 bits per heavy atom. The summed E-state index contributed by atoms with van der Waals surface area (Å²) in [6, 6.07) is 12.7. The van der Waals surface area contributed by atoms with E-state index in [1.807, 2.05) is 24.3 Å². The Labute approximate surface area is 118 Å². The van der Waals surface area contributed by atoms with Crippen LogP contribution in [0.5, 0.6) is 0 Å². The summed E-state index contributed by atoms with van der Waals surface area (Å²) in [6.07, 6.45) is 0.372. The van der Waals surface area contributed by atoms with Crippen molar-refractivity contribution in [2.45, 2.75) is 6.42 Å². The molecule has 0 bridgehead atoms. The number of benzene rings is 2. The molecule has 0 radical (unpaired) electrons. The SMILES string of the molecule is N#[N+]c1cccc(N2C(=O)Cc3c(Br)cccc32)c1. The molecule has 19 heavy (non-hydrogen) atoms. The first-order valence-electron chi connectivity index (χ1n) is 5.76. The van der Waals surface area contributed by atoms with Crippen LogP contribution in [0.4, 0.5) is 17.1 Å². The normalized spacial score (nSPS) is 13.3. The molecule has 4 nitrogen and oxygen atoms in total. The Morgan fingerprint density at radius 1 is 1.21 bits per heavy atom. The number of hydrogen-bond acceptors (Lipinski definition) is 2. The van der Waals surface area contributed by atoms with Crippen LogP contribution < -0.4 is 4.90 Å². The fraction of sp³-hybridized carbons (Fsp3) is 0.0714. The van der Waals surface area contributed by atoms with Gasteiger partial charge in [-0.1, -0.05) is 28.1 Å². The highest BCUT2D eigenvalue weighted by atomic mass is 79.9. The third kappa shape index (κ3) is 1.90. The molecule has 0 aliphatic carbocycles. The number of fused-ring (bicyclic) bond motifs is 1. The summed E-state index contributed by atoms with van der Waals surface area (Å²) < 4.78 is 0.934. The van der Waals surface area contributed by atoms with Gasteiger partial charge in [-0.3, -0.25) is 9.69 Å². The number of hydrogen-bond donors (Lipinski definition) is 0. The van der Waals surface area contributed by atoms with Crippen LogP contribution >= 0.6 is 15.9 Å². The number of halogens is 1. The molecule has 1 amide bonds. The molecule has 2 aromatic carbocycles. The molecule has 0 saturated carbocycles. The summed E-state index contributed by atoms with van der Waals surface area (Å²) in [5.74, 6) is 0.0111. The highest BCUT2D eigenvalue weighted by molar-refractivity contribution is 9.10. The summed E-state index contributed by atoms with van der Waals surface area (Å²) in [5.41, 5.74) is 2.99. The first-order valence-corrected chi connectivity index (χ1v) is 6.55. The van der Waals surface area contributed by atoms with Crippen molar-refractivity contribution in [3.8, 4) is 0 Å². The number of rotatable bonds is 1. The van der Waals surface area contributed by atoms with Gasteiger partial charge >= 0.3 is 5.69 Å². The molecule has 1 heterocycles. The lowest BCUT2D eigenvalue weighted by molar-refractivity contribution is -0.116. The van der Waals surface area contributed by atoms with Crippen LogP contribution in [0.2, 0.25) is 0 Å². The van der Waals surface area contributed by atoms with Gasteiger partial charge in [-0.2, -0.15) is 0 Å². The van der Waals surface area contributed by atoms with Crippen LogP contribution in [-0.4, -0.2) is 5.91 Å². The van der Waals surface area contributed by atoms with Gasteiger partial charge in [-0.05, 0) is 23.8 Å². The number of diazo groups is 1. The number of amides is 1. The molecular weight excluding hydrogens is 306 g/mol. The van der Waals surface area contributed by atoms with E-state index < -0.39 is 0 Å². The first-order chi connectivity index (χ1) is 9.20. The van der Waals surface area contributed by atoms with Crippen LogP contribution in [0.15, 0.2) is 46.9 Å². The maximum atomic E-state index is 12.2. The van der Waals surface area contributed by atoms with Crippen molar-refractivity contribution in [1.82, 2.24) is 0 Å². The number of nitrogens with zero attached hydrogens (tertiary/aromatic N) is 3. The van der Waals surface area contributed by atoms with Gasteiger partial charge in [0.05, 0.1) is 23.9 Å². The van der Waals surface area contributed by atoms with Gasteiger partial charge in [-0.25, -0.2) is 0 Å². The number of carbonyl (C=O) groups is 1. The third-order valence-corrected chi connectivity index (χ3v) is 3.86. The lowest BCUT2D eigenvalue weighted by Crippen LogP contribution is -2.20. The molecule has 2 aromatic rings. The van der Waals surface area contributed by atoms with Crippen LogP contribution in [0, 0.1) is 5.39 Å². The fourth-order valence-electron chi connectivity index (χ4n) is 2.27. The monoisotopic (exact) mass is 314 g/mol. The minimum absolute atomic E-state index is 0.0111. The van der Waals surface area contributed by atoms with Crippen molar-refractivity contribution in [2.24, 2.45) is 0 Å². The summed E-state index contributed by atoms with van der Waals surface area (Å²) in [5, 5.41) is 8.82. The van der Waals surface area contributed by atoms with E-state index in [0.29, 0.717) is 17.8 Å². The van der Waals surface area contributed by atoms with E-state index in [-0.39, 0.29) is 5.91 Å². The highest BCUT2D eigenvalue weighted by Gasteiger charge is 2.30.